The number of nitrogens with zero attached hydrogens (tertiary/aromatic N) is 1. The van der Waals surface area contributed by atoms with Crippen molar-refractivity contribution in [1.82, 2.24) is 4.98 Å². The van der Waals surface area contributed by atoms with E-state index in [0.717, 1.165) is 17.7 Å². The molecule has 11 heavy (non-hydrogen) atoms. The van der Waals surface area contributed by atoms with E-state index in [1.54, 1.807) is 0 Å². The van der Waals surface area contributed by atoms with Crippen molar-refractivity contribution >= 4 is 11.6 Å². The lowest BCUT2D eigenvalue weighted by molar-refractivity contribution is 1.21. The molecule has 0 saturated heterocycles. The Morgan fingerprint density at radius 2 is 2.36 bits per heavy atom. The van der Waals surface area contributed by atoms with Gasteiger partial charge in [-0.1, -0.05) is 24.8 Å². The summed E-state index contributed by atoms with van der Waals surface area (Å²) in [7, 11) is 0. The molecule has 2 rings (SSSR count). The molecule has 0 bridgehead atoms. The van der Waals surface area contributed by atoms with Crippen LogP contribution in [-0.2, 0) is 0 Å². The summed E-state index contributed by atoms with van der Waals surface area (Å²) in [4.78, 5) is 4.25. The van der Waals surface area contributed by atoms with E-state index < -0.39 is 0 Å². The number of pyridine rings is 1. The molecule has 1 heteroatoms. The van der Waals surface area contributed by atoms with Crippen LogP contribution in [0.15, 0.2) is 31.0 Å². The molecule has 0 unspecified atom stereocenters. The first-order valence-corrected chi connectivity index (χ1v) is 3.67. The van der Waals surface area contributed by atoms with Crippen LogP contribution in [0.5, 0.6) is 0 Å². The van der Waals surface area contributed by atoms with Gasteiger partial charge in [-0.25, -0.2) is 0 Å². The Bertz CT molecular complexity index is 323. The molecule has 54 valence electrons. The van der Waals surface area contributed by atoms with E-state index in [4.69, 9.17) is 0 Å². The molecule has 0 aliphatic heterocycles. The van der Waals surface area contributed by atoms with Crippen molar-refractivity contribution in [2.24, 2.45) is 0 Å². The first-order chi connectivity index (χ1) is 5.38. The van der Waals surface area contributed by atoms with Crippen LogP contribution in [0.25, 0.3) is 11.6 Å². The van der Waals surface area contributed by atoms with Crippen LogP contribution in [0.1, 0.15) is 17.7 Å². The summed E-state index contributed by atoms with van der Waals surface area (Å²) in [5.41, 5.74) is 3.35. The van der Waals surface area contributed by atoms with Gasteiger partial charge in [0.25, 0.3) is 0 Å². The Morgan fingerprint density at radius 3 is 3.18 bits per heavy atom. The van der Waals surface area contributed by atoms with Crippen molar-refractivity contribution in [2.45, 2.75) is 6.42 Å². The second-order valence-electron chi connectivity index (χ2n) is 2.65. The van der Waals surface area contributed by atoms with Crippen LogP contribution >= 0.6 is 0 Å². The van der Waals surface area contributed by atoms with Gasteiger partial charge in [0.2, 0.25) is 0 Å². The van der Waals surface area contributed by atoms with E-state index in [2.05, 4.69) is 29.8 Å². The van der Waals surface area contributed by atoms with Crippen molar-refractivity contribution in [1.29, 1.82) is 0 Å². The molecular formula is C10H9N. The van der Waals surface area contributed by atoms with E-state index in [0.29, 0.717) is 0 Å². The van der Waals surface area contributed by atoms with E-state index in [-0.39, 0.29) is 0 Å². The maximum Gasteiger partial charge on any atom is 0.0731 e. The first kappa shape index (κ1) is 6.35. The molecule has 1 aliphatic carbocycles. The van der Waals surface area contributed by atoms with Gasteiger partial charge in [-0.15, -0.1) is 0 Å². The monoisotopic (exact) mass is 143 g/mol. The number of fused-ring (bicyclic) bond motifs is 1. The minimum Gasteiger partial charge on any atom is -0.256 e. The molecule has 1 heterocycles. The smallest absolute Gasteiger partial charge is 0.0731 e. The van der Waals surface area contributed by atoms with Crippen molar-refractivity contribution in [3.05, 3.63) is 42.2 Å². The summed E-state index contributed by atoms with van der Waals surface area (Å²) in [5, 5.41) is 0. The number of aromatic nitrogens is 1. The molecule has 0 spiro atoms. The molecule has 0 aromatic carbocycles. The third kappa shape index (κ3) is 0.984. The number of hydrogen-bond acceptors (Lipinski definition) is 1. The van der Waals surface area contributed by atoms with Gasteiger partial charge in [0.05, 0.1) is 5.69 Å². The lowest BCUT2D eigenvalue weighted by Crippen LogP contribution is -1.94. The van der Waals surface area contributed by atoms with E-state index in [1.807, 2.05) is 12.3 Å². The van der Waals surface area contributed by atoms with Gasteiger partial charge in [0.1, 0.15) is 0 Å². The van der Waals surface area contributed by atoms with Crippen LogP contribution in [-0.4, -0.2) is 4.98 Å². The fourth-order valence-corrected chi connectivity index (χ4v) is 1.27. The molecule has 1 nitrogen and oxygen atoms in total. The zero-order valence-corrected chi connectivity index (χ0v) is 6.25. The zero-order chi connectivity index (χ0) is 7.68. The Labute approximate surface area is 66.1 Å². The highest BCUT2D eigenvalue weighted by Crippen LogP contribution is 2.24. The molecular weight excluding hydrogens is 134 g/mol. The van der Waals surface area contributed by atoms with Crippen LogP contribution in [0.2, 0.25) is 0 Å². The van der Waals surface area contributed by atoms with Gasteiger partial charge in [-0.05, 0) is 18.1 Å². The molecule has 1 aromatic rings. The van der Waals surface area contributed by atoms with Gasteiger partial charge in [-0.2, -0.15) is 0 Å². The molecule has 0 fully saturated rings. The summed E-state index contributed by atoms with van der Waals surface area (Å²) in [6, 6.07) is 4.00. The summed E-state index contributed by atoms with van der Waals surface area (Å²) in [6.45, 7) is 3.94. The van der Waals surface area contributed by atoms with Gasteiger partial charge in [0.15, 0.2) is 0 Å². The van der Waals surface area contributed by atoms with Gasteiger partial charge >= 0.3 is 0 Å². The molecule has 1 aliphatic rings. The largest absolute Gasteiger partial charge is 0.256 e. The van der Waals surface area contributed by atoms with Crippen molar-refractivity contribution in [3.8, 4) is 0 Å². The normalized spacial score (nSPS) is 14.7. The number of allylic oxidation sites excluding steroid dienone is 2. The number of rotatable bonds is 0. The fourth-order valence-electron chi connectivity index (χ4n) is 1.27. The average Bonchev–Trinajstić information content (AvgIpc) is 2.06. The molecule has 0 N–H and O–H groups in total. The van der Waals surface area contributed by atoms with Crippen molar-refractivity contribution in [2.75, 3.05) is 0 Å². The summed E-state index contributed by atoms with van der Waals surface area (Å²) < 4.78 is 0. The van der Waals surface area contributed by atoms with Crippen molar-refractivity contribution < 1.29 is 0 Å². The average molecular weight is 143 g/mol. The topological polar surface area (TPSA) is 12.9 Å². The van der Waals surface area contributed by atoms with Gasteiger partial charge in [-0.3, -0.25) is 4.98 Å². The molecule has 0 saturated carbocycles. The van der Waals surface area contributed by atoms with Gasteiger partial charge in [0, 0.05) is 11.8 Å². The van der Waals surface area contributed by atoms with E-state index in [1.165, 1.54) is 5.56 Å². The minimum absolute atomic E-state index is 0.935. The Balaban J connectivity index is 2.63. The lowest BCUT2D eigenvalue weighted by Gasteiger charge is -2.10. The second-order valence-corrected chi connectivity index (χ2v) is 2.65. The predicted molar refractivity (Wildman–Crippen MR) is 46.9 cm³/mol. The van der Waals surface area contributed by atoms with E-state index >= 15 is 0 Å². The quantitative estimate of drug-likeness (QED) is 0.543. The van der Waals surface area contributed by atoms with Crippen LogP contribution < -0.4 is 0 Å². The molecule has 0 atom stereocenters. The molecule has 0 radical (unpaired) electrons. The predicted octanol–water partition coefficient (Wildman–Crippen LogP) is 2.51. The van der Waals surface area contributed by atoms with Crippen LogP contribution in [0.4, 0.5) is 0 Å². The van der Waals surface area contributed by atoms with Crippen molar-refractivity contribution in [3.63, 3.8) is 0 Å². The Hall–Kier alpha value is -1.37. The maximum atomic E-state index is 4.25. The summed E-state index contributed by atoms with van der Waals surface area (Å²) >= 11 is 0. The van der Waals surface area contributed by atoms with Crippen LogP contribution in [0.3, 0.4) is 0 Å². The SMILES string of the molecule is C=C1CC=Cc2cccnc21. The molecule has 0 amide bonds. The highest BCUT2D eigenvalue weighted by atomic mass is 14.7. The van der Waals surface area contributed by atoms with Crippen LogP contribution in [0, 0.1) is 0 Å². The second kappa shape index (κ2) is 2.35. The summed E-state index contributed by atoms with van der Waals surface area (Å²) in [5.74, 6) is 0. The third-order valence-corrected chi connectivity index (χ3v) is 1.84. The lowest BCUT2D eigenvalue weighted by atomic mass is 9.99. The fraction of sp³-hybridized carbons (Fsp3) is 0.100. The zero-order valence-electron chi connectivity index (χ0n) is 6.25. The Morgan fingerprint density at radius 1 is 1.45 bits per heavy atom. The standard InChI is InChI=1S/C10H9N/c1-8-4-2-5-9-6-3-7-11-10(8)9/h2-3,5-7H,1,4H2. The third-order valence-electron chi connectivity index (χ3n) is 1.84. The maximum absolute atomic E-state index is 4.25. The molecule has 1 aromatic heterocycles. The summed E-state index contributed by atoms with van der Waals surface area (Å²) in [6.07, 6.45) is 6.95. The first-order valence-electron chi connectivity index (χ1n) is 3.67. The highest BCUT2D eigenvalue weighted by Gasteiger charge is 2.06. The van der Waals surface area contributed by atoms with Gasteiger partial charge < -0.3 is 0 Å². The number of hydrogen-bond donors (Lipinski definition) is 0. The van der Waals surface area contributed by atoms with E-state index in [9.17, 15) is 0 Å². The highest BCUT2D eigenvalue weighted by molar-refractivity contribution is 5.75. The Kier molecular flexibility index (Phi) is 1.35. The minimum atomic E-state index is 0.935.